The van der Waals surface area contributed by atoms with E-state index in [1.807, 2.05) is 53.4 Å². The van der Waals surface area contributed by atoms with Gasteiger partial charge in [0.15, 0.2) is 0 Å². The third kappa shape index (κ3) is 4.12. The Morgan fingerprint density at radius 2 is 1.79 bits per heavy atom. The van der Waals surface area contributed by atoms with Crippen LogP contribution < -0.4 is 14.4 Å². The molecule has 5 rings (SSSR count). The highest BCUT2D eigenvalue weighted by atomic mass is 16.5. The summed E-state index contributed by atoms with van der Waals surface area (Å²) in [5, 5.41) is 0. The molecule has 0 aliphatic carbocycles. The first-order chi connectivity index (χ1) is 16.5. The molecule has 1 saturated heterocycles. The monoisotopic (exact) mass is 455 g/mol. The van der Waals surface area contributed by atoms with Crippen LogP contribution in [0.25, 0.3) is 11.0 Å². The van der Waals surface area contributed by atoms with Gasteiger partial charge >= 0.3 is 0 Å². The Hall–Kier alpha value is -3.80. The van der Waals surface area contributed by atoms with Gasteiger partial charge in [0.1, 0.15) is 23.9 Å². The van der Waals surface area contributed by atoms with E-state index in [-0.39, 0.29) is 11.8 Å². The molecule has 1 amide bonds. The fourth-order valence-corrected chi connectivity index (χ4v) is 4.82. The summed E-state index contributed by atoms with van der Waals surface area (Å²) in [5.74, 6) is 2.60. The van der Waals surface area contributed by atoms with Crippen molar-refractivity contribution >= 4 is 22.6 Å². The third-order valence-corrected chi connectivity index (χ3v) is 6.45. The van der Waals surface area contributed by atoms with E-state index in [1.54, 1.807) is 7.11 Å². The summed E-state index contributed by atoms with van der Waals surface area (Å²) >= 11 is 0. The summed E-state index contributed by atoms with van der Waals surface area (Å²) in [5.41, 5.74) is 5.15. The fourth-order valence-electron chi connectivity index (χ4n) is 4.82. The van der Waals surface area contributed by atoms with Crippen molar-refractivity contribution in [1.29, 1.82) is 0 Å². The zero-order valence-electron chi connectivity index (χ0n) is 19.8. The molecule has 1 atom stereocenters. The Bertz CT molecular complexity index is 1340. The van der Waals surface area contributed by atoms with E-state index in [2.05, 4.69) is 36.6 Å². The number of para-hydroxylation sites is 4. The number of anilines is 1. The van der Waals surface area contributed by atoms with Crippen LogP contribution in [0.15, 0.2) is 66.7 Å². The van der Waals surface area contributed by atoms with Gasteiger partial charge < -0.3 is 18.9 Å². The summed E-state index contributed by atoms with van der Waals surface area (Å²) in [4.78, 5) is 19.8. The van der Waals surface area contributed by atoms with E-state index in [4.69, 9.17) is 14.5 Å². The minimum Gasteiger partial charge on any atom is -0.495 e. The van der Waals surface area contributed by atoms with Gasteiger partial charge in [-0.15, -0.1) is 0 Å². The number of ether oxygens (including phenoxy) is 2. The van der Waals surface area contributed by atoms with Crippen LogP contribution in [0.5, 0.6) is 11.5 Å². The van der Waals surface area contributed by atoms with Crippen LogP contribution in [-0.4, -0.2) is 35.7 Å². The predicted molar refractivity (Wildman–Crippen MR) is 134 cm³/mol. The Kier molecular flexibility index (Phi) is 5.97. The van der Waals surface area contributed by atoms with Crippen LogP contribution in [0.4, 0.5) is 5.69 Å². The van der Waals surface area contributed by atoms with E-state index in [1.165, 1.54) is 5.56 Å². The van der Waals surface area contributed by atoms with Gasteiger partial charge in [-0.05, 0) is 49.7 Å². The normalized spacial score (nSPS) is 15.8. The molecule has 6 nitrogen and oxygen atoms in total. The van der Waals surface area contributed by atoms with Gasteiger partial charge in [-0.3, -0.25) is 4.79 Å². The molecule has 174 valence electrons. The van der Waals surface area contributed by atoms with Gasteiger partial charge in [0.2, 0.25) is 5.91 Å². The highest BCUT2D eigenvalue weighted by Crippen LogP contribution is 2.37. The van der Waals surface area contributed by atoms with Crippen molar-refractivity contribution in [2.24, 2.45) is 0 Å². The summed E-state index contributed by atoms with van der Waals surface area (Å²) in [6, 6.07) is 22.0. The molecule has 2 heterocycles. The summed E-state index contributed by atoms with van der Waals surface area (Å²) in [6.45, 7) is 5.89. The zero-order chi connectivity index (χ0) is 23.7. The number of hydrogen-bond donors (Lipinski definition) is 0. The second-order valence-electron chi connectivity index (χ2n) is 8.81. The second kappa shape index (κ2) is 9.21. The number of hydrogen-bond acceptors (Lipinski definition) is 4. The molecule has 0 bridgehead atoms. The van der Waals surface area contributed by atoms with Crippen molar-refractivity contribution in [3.05, 3.63) is 83.7 Å². The van der Waals surface area contributed by atoms with E-state index in [0.29, 0.717) is 31.9 Å². The molecule has 1 aliphatic rings. The number of methoxy groups -OCH3 is 1. The maximum atomic E-state index is 13.0. The van der Waals surface area contributed by atoms with Crippen LogP contribution in [-0.2, 0) is 11.3 Å². The summed E-state index contributed by atoms with van der Waals surface area (Å²) < 4.78 is 13.8. The van der Waals surface area contributed by atoms with Gasteiger partial charge in [-0.25, -0.2) is 4.98 Å². The first kappa shape index (κ1) is 22.0. The fraction of sp³-hybridized carbons (Fsp3) is 0.286. The van der Waals surface area contributed by atoms with Gasteiger partial charge in [-0.2, -0.15) is 0 Å². The number of amides is 1. The quantitative estimate of drug-likeness (QED) is 0.381. The predicted octanol–water partition coefficient (Wildman–Crippen LogP) is 5.26. The van der Waals surface area contributed by atoms with Crippen LogP contribution in [0.1, 0.15) is 29.3 Å². The molecule has 1 fully saturated rings. The van der Waals surface area contributed by atoms with Gasteiger partial charge in [-0.1, -0.05) is 42.0 Å². The zero-order valence-corrected chi connectivity index (χ0v) is 19.8. The van der Waals surface area contributed by atoms with Crippen LogP contribution in [0, 0.1) is 13.8 Å². The minimum absolute atomic E-state index is 0.00840. The molecule has 0 saturated carbocycles. The highest BCUT2D eigenvalue weighted by molar-refractivity contribution is 5.97. The maximum Gasteiger partial charge on any atom is 0.227 e. The smallest absolute Gasteiger partial charge is 0.227 e. The van der Waals surface area contributed by atoms with E-state index in [0.717, 1.165) is 33.9 Å². The molecule has 34 heavy (non-hydrogen) atoms. The molecule has 3 aromatic carbocycles. The minimum atomic E-state index is -0.00840. The molecule has 0 radical (unpaired) electrons. The molecule has 0 spiro atoms. The number of imidazole rings is 1. The van der Waals surface area contributed by atoms with Crippen molar-refractivity contribution in [1.82, 2.24) is 9.55 Å². The lowest BCUT2D eigenvalue weighted by Crippen LogP contribution is -2.25. The van der Waals surface area contributed by atoms with Crippen LogP contribution in [0.3, 0.4) is 0 Å². The largest absolute Gasteiger partial charge is 0.495 e. The number of fused-ring (bicyclic) bond motifs is 1. The SMILES string of the molecule is COc1ccccc1N1CC(c2nc3ccccc3n2CCOc2ccc(C)cc2C)CC1=O. The molecule has 6 heteroatoms. The Balaban J connectivity index is 1.41. The first-order valence-electron chi connectivity index (χ1n) is 11.6. The topological polar surface area (TPSA) is 56.6 Å². The van der Waals surface area contributed by atoms with Crippen LogP contribution >= 0.6 is 0 Å². The van der Waals surface area contributed by atoms with Crippen LogP contribution in [0.2, 0.25) is 0 Å². The highest BCUT2D eigenvalue weighted by Gasteiger charge is 2.35. The lowest BCUT2D eigenvalue weighted by atomic mass is 10.1. The lowest BCUT2D eigenvalue weighted by molar-refractivity contribution is -0.117. The molecular weight excluding hydrogens is 426 g/mol. The van der Waals surface area contributed by atoms with Gasteiger partial charge in [0, 0.05) is 18.9 Å². The van der Waals surface area contributed by atoms with Gasteiger partial charge in [0.05, 0.1) is 30.4 Å². The van der Waals surface area contributed by atoms with Crippen molar-refractivity contribution in [3.63, 3.8) is 0 Å². The molecule has 1 unspecified atom stereocenters. The number of aromatic nitrogens is 2. The van der Waals surface area contributed by atoms with E-state index >= 15 is 0 Å². The standard InChI is InChI=1S/C28H29N3O3/c1-19-12-13-25(20(2)16-19)34-15-14-30-23-9-5-4-8-22(23)29-28(30)21-17-27(32)31(18-21)24-10-6-7-11-26(24)33-3/h4-13,16,21H,14-15,17-18H2,1-3H3. The Morgan fingerprint density at radius 3 is 2.62 bits per heavy atom. The van der Waals surface area contributed by atoms with Crippen molar-refractivity contribution < 1.29 is 14.3 Å². The molecule has 0 N–H and O–H groups in total. The van der Waals surface area contributed by atoms with E-state index < -0.39 is 0 Å². The molecule has 1 aromatic heterocycles. The number of carbonyl (C=O) groups excluding carboxylic acids is 1. The molecule has 4 aromatic rings. The maximum absolute atomic E-state index is 13.0. The third-order valence-electron chi connectivity index (χ3n) is 6.45. The molecular formula is C28H29N3O3. The first-order valence-corrected chi connectivity index (χ1v) is 11.6. The average molecular weight is 456 g/mol. The van der Waals surface area contributed by atoms with E-state index in [9.17, 15) is 4.79 Å². The lowest BCUT2D eigenvalue weighted by Gasteiger charge is -2.20. The number of aryl methyl sites for hydroxylation is 2. The summed E-state index contributed by atoms with van der Waals surface area (Å²) in [6.07, 6.45) is 0.416. The number of rotatable bonds is 7. The Labute approximate surface area is 199 Å². The number of nitrogens with zero attached hydrogens (tertiary/aromatic N) is 3. The molecule has 1 aliphatic heterocycles. The van der Waals surface area contributed by atoms with Crippen molar-refractivity contribution in [2.75, 3.05) is 25.2 Å². The van der Waals surface area contributed by atoms with Crippen molar-refractivity contribution in [3.8, 4) is 11.5 Å². The number of benzene rings is 3. The van der Waals surface area contributed by atoms with Gasteiger partial charge in [0.25, 0.3) is 0 Å². The van der Waals surface area contributed by atoms with Crippen molar-refractivity contribution in [2.45, 2.75) is 32.7 Å². The average Bonchev–Trinajstić information content (AvgIpc) is 3.41. The second-order valence-corrected chi connectivity index (χ2v) is 8.81. The Morgan fingerprint density at radius 1 is 1.00 bits per heavy atom. The summed E-state index contributed by atoms with van der Waals surface area (Å²) in [7, 11) is 1.63. The number of carbonyl (C=O) groups is 1.